The van der Waals surface area contributed by atoms with Crippen LogP contribution in [0.3, 0.4) is 0 Å². The number of pyridine rings is 1. The van der Waals surface area contributed by atoms with E-state index in [0.29, 0.717) is 11.4 Å². The van der Waals surface area contributed by atoms with Crippen LogP contribution >= 0.6 is 0 Å². The fourth-order valence-corrected chi connectivity index (χ4v) is 2.76. The van der Waals surface area contributed by atoms with Crippen molar-refractivity contribution in [1.29, 1.82) is 0 Å². The Morgan fingerprint density at radius 3 is 2.89 bits per heavy atom. The molecule has 3 N–H and O–H groups in total. The van der Waals surface area contributed by atoms with Gasteiger partial charge in [-0.1, -0.05) is 12.8 Å². The molecule has 1 aliphatic carbocycles. The molecule has 1 saturated carbocycles. The molecule has 1 aromatic rings. The SMILES string of the molecule is COCC1(CNc2cc(C(N)=O)ccn2)CCCC1. The van der Waals surface area contributed by atoms with Crippen molar-refractivity contribution in [2.75, 3.05) is 25.6 Å². The molecule has 104 valence electrons. The van der Waals surface area contributed by atoms with Gasteiger partial charge in [0.25, 0.3) is 0 Å². The third-order valence-electron chi connectivity index (χ3n) is 3.80. The molecule has 2 rings (SSSR count). The van der Waals surface area contributed by atoms with E-state index in [0.717, 1.165) is 13.2 Å². The van der Waals surface area contributed by atoms with E-state index in [2.05, 4.69) is 10.3 Å². The fourth-order valence-electron chi connectivity index (χ4n) is 2.76. The summed E-state index contributed by atoms with van der Waals surface area (Å²) in [5, 5.41) is 3.31. The fraction of sp³-hybridized carbons (Fsp3) is 0.571. The first-order chi connectivity index (χ1) is 9.15. The van der Waals surface area contributed by atoms with Crippen molar-refractivity contribution in [3.05, 3.63) is 23.9 Å². The van der Waals surface area contributed by atoms with Crippen molar-refractivity contribution in [3.8, 4) is 0 Å². The predicted octanol–water partition coefficient (Wildman–Crippen LogP) is 1.80. The number of anilines is 1. The molecule has 0 aromatic carbocycles. The van der Waals surface area contributed by atoms with Gasteiger partial charge in [-0.3, -0.25) is 4.79 Å². The Kier molecular flexibility index (Phi) is 4.37. The Hall–Kier alpha value is -1.62. The van der Waals surface area contributed by atoms with Crippen LogP contribution in [0.1, 0.15) is 36.0 Å². The largest absolute Gasteiger partial charge is 0.384 e. The summed E-state index contributed by atoms with van der Waals surface area (Å²) < 4.78 is 5.34. The van der Waals surface area contributed by atoms with Gasteiger partial charge in [0.05, 0.1) is 6.61 Å². The highest BCUT2D eigenvalue weighted by Gasteiger charge is 2.33. The molecular weight excluding hydrogens is 242 g/mol. The molecule has 1 heterocycles. The van der Waals surface area contributed by atoms with Crippen molar-refractivity contribution < 1.29 is 9.53 Å². The highest BCUT2D eigenvalue weighted by atomic mass is 16.5. The summed E-state index contributed by atoms with van der Waals surface area (Å²) >= 11 is 0. The lowest BCUT2D eigenvalue weighted by atomic mass is 9.87. The van der Waals surface area contributed by atoms with Gasteiger partial charge in [0.15, 0.2) is 0 Å². The van der Waals surface area contributed by atoms with Crippen LogP contribution in [-0.4, -0.2) is 31.2 Å². The third kappa shape index (κ3) is 3.44. The number of primary amides is 1. The molecule has 1 fully saturated rings. The van der Waals surface area contributed by atoms with Crippen molar-refractivity contribution in [2.45, 2.75) is 25.7 Å². The smallest absolute Gasteiger partial charge is 0.248 e. The van der Waals surface area contributed by atoms with E-state index in [4.69, 9.17) is 10.5 Å². The number of carbonyl (C=O) groups excluding carboxylic acids is 1. The van der Waals surface area contributed by atoms with Crippen LogP contribution < -0.4 is 11.1 Å². The van der Waals surface area contributed by atoms with Gasteiger partial charge >= 0.3 is 0 Å². The van der Waals surface area contributed by atoms with Gasteiger partial charge in [0.1, 0.15) is 5.82 Å². The number of carbonyl (C=O) groups is 1. The maximum Gasteiger partial charge on any atom is 0.248 e. The molecule has 1 aromatic heterocycles. The van der Waals surface area contributed by atoms with E-state index in [1.54, 1.807) is 25.4 Å². The molecule has 5 nitrogen and oxygen atoms in total. The molecule has 1 aliphatic rings. The zero-order valence-corrected chi connectivity index (χ0v) is 11.3. The van der Waals surface area contributed by atoms with E-state index < -0.39 is 5.91 Å². The number of amides is 1. The van der Waals surface area contributed by atoms with Crippen LogP contribution in [-0.2, 0) is 4.74 Å². The molecule has 0 aliphatic heterocycles. The number of ether oxygens (including phenoxy) is 1. The normalized spacial score (nSPS) is 17.3. The van der Waals surface area contributed by atoms with Gasteiger partial charge < -0.3 is 15.8 Å². The summed E-state index contributed by atoms with van der Waals surface area (Å²) in [5.41, 5.74) is 5.93. The maximum atomic E-state index is 11.1. The molecule has 0 spiro atoms. The number of hydrogen-bond donors (Lipinski definition) is 2. The van der Waals surface area contributed by atoms with Crippen LogP contribution in [0.25, 0.3) is 0 Å². The standard InChI is InChI=1S/C14H21N3O2/c1-19-10-14(5-2-3-6-14)9-17-12-8-11(13(15)18)4-7-16-12/h4,7-8H,2-3,5-6,9-10H2,1H3,(H2,15,18)(H,16,17). The highest BCUT2D eigenvalue weighted by Crippen LogP contribution is 2.38. The zero-order valence-electron chi connectivity index (χ0n) is 11.3. The molecule has 0 bridgehead atoms. The summed E-state index contributed by atoms with van der Waals surface area (Å²) in [7, 11) is 1.74. The number of hydrogen-bond acceptors (Lipinski definition) is 4. The average molecular weight is 263 g/mol. The van der Waals surface area contributed by atoms with Crippen LogP contribution in [0.5, 0.6) is 0 Å². The number of rotatable bonds is 6. The first-order valence-electron chi connectivity index (χ1n) is 6.64. The average Bonchev–Trinajstić information content (AvgIpc) is 2.86. The number of nitrogens with one attached hydrogen (secondary N) is 1. The third-order valence-corrected chi connectivity index (χ3v) is 3.80. The van der Waals surface area contributed by atoms with Crippen molar-refractivity contribution in [3.63, 3.8) is 0 Å². The van der Waals surface area contributed by atoms with Gasteiger partial charge in [0, 0.05) is 30.8 Å². The first-order valence-corrected chi connectivity index (χ1v) is 6.64. The van der Waals surface area contributed by atoms with E-state index >= 15 is 0 Å². The van der Waals surface area contributed by atoms with E-state index in [-0.39, 0.29) is 5.41 Å². The van der Waals surface area contributed by atoms with Gasteiger partial charge in [-0.25, -0.2) is 4.98 Å². The van der Waals surface area contributed by atoms with Crippen LogP contribution in [0.2, 0.25) is 0 Å². The molecule has 19 heavy (non-hydrogen) atoms. The van der Waals surface area contributed by atoms with Gasteiger partial charge in [-0.05, 0) is 25.0 Å². The van der Waals surface area contributed by atoms with Crippen molar-refractivity contribution >= 4 is 11.7 Å². The van der Waals surface area contributed by atoms with E-state index in [1.807, 2.05) is 0 Å². The lowest BCUT2D eigenvalue weighted by Crippen LogP contribution is -2.31. The first kappa shape index (κ1) is 13.8. The molecule has 0 saturated heterocycles. The second kappa shape index (κ2) is 6.02. The zero-order chi connectivity index (χ0) is 13.7. The summed E-state index contributed by atoms with van der Waals surface area (Å²) in [6.07, 6.45) is 6.44. The Morgan fingerprint density at radius 1 is 1.53 bits per heavy atom. The maximum absolute atomic E-state index is 11.1. The van der Waals surface area contributed by atoms with Gasteiger partial charge in [0.2, 0.25) is 5.91 Å². The second-order valence-electron chi connectivity index (χ2n) is 5.29. The number of nitrogens with two attached hydrogens (primary N) is 1. The Balaban J connectivity index is 2.01. The molecule has 0 radical (unpaired) electrons. The summed E-state index contributed by atoms with van der Waals surface area (Å²) in [6.45, 7) is 1.57. The summed E-state index contributed by atoms with van der Waals surface area (Å²) in [6, 6.07) is 3.31. The monoisotopic (exact) mass is 263 g/mol. The Bertz CT molecular complexity index is 442. The van der Waals surface area contributed by atoms with Crippen LogP contribution in [0.15, 0.2) is 18.3 Å². The van der Waals surface area contributed by atoms with E-state index in [1.165, 1.54) is 25.7 Å². The number of aromatic nitrogens is 1. The molecule has 0 unspecified atom stereocenters. The van der Waals surface area contributed by atoms with E-state index in [9.17, 15) is 4.79 Å². The number of nitrogens with zero attached hydrogens (tertiary/aromatic N) is 1. The van der Waals surface area contributed by atoms with Crippen LogP contribution in [0, 0.1) is 5.41 Å². The minimum Gasteiger partial charge on any atom is -0.384 e. The molecular formula is C14H21N3O2. The minimum absolute atomic E-state index is 0.194. The summed E-state index contributed by atoms with van der Waals surface area (Å²) in [5.74, 6) is 0.261. The molecule has 5 heteroatoms. The van der Waals surface area contributed by atoms with Crippen molar-refractivity contribution in [2.24, 2.45) is 11.1 Å². The van der Waals surface area contributed by atoms with Crippen molar-refractivity contribution in [1.82, 2.24) is 4.98 Å². The predicted molar refractivity (Wildman–Crippen MR) is 74.0 cm³/mol. The van der Waals surface area contributed by atoms with Gasteiger partial charge in [-0.15, -0.1) is 0 Å². The topological polar surface area (TPSA) is 77.2 Å². The van der Waals surface area contributed by atoms with Gasteiger partial charge in [-0.2, -0.15) is 0 Å². The minimum atomic E-state index is -0.432. The Labute approximate surface area is 113 Å². The highest BCUT2D eigenvalue weighted by molar-refractivity contribution is 5.93. The lowest BCUT2D eigenvalue weighted by Gasteiger charge is -2.28. The second-order valence-corrected chi connectivity index (χ2v) is 5.29. The number of methoxy groups -OCH3 is 1. The van der Waals surface area contributed by atoms with Crippen LogP contribution in [0.4, 0.5) is 5.82 Å². The lowest BCUT2D eigenvalue weighted by molar-refractivity contribution is 0.0923. The molecule has 1 amide bonds. The molecule has 0 atom stereocenters. The Morgan fingerprint density at radius 2 is 2.26 bits per heavy atom. The quantitative estimate of drug-likeness (QED) is 0.820. The summed E-state index contributed by atoms with van der Waals surface area (Å²) in [4.78, 5) is 15.3.